The number of aryl methyl sites for hydroxylation is 1. The number of carbonyl (C=O) groups excluding carboxylic acids is 1. The molecule has 8 heteroatoms. The molecule has 1 amide bonds. The van der Waals surface area contributed by atoms with E-state index >= 15 is 0 Å². The summed E-state index contributed by atoms with van der Waals surface area (Å²) in [7, 11) is -3.81. The number of hydrogen-bond acceptors (Lipinski definition) is 4. The molecule has 0 bridgehead atoms. The number of hydrogen-bond donors (Lipinski definition) is 2. The first-order chi connectivity index (χ1) is 9.77. The molecule has 3 N–H and O–H groups in total. The average Bonchev–Trinajstić information content (AvgIpc) is 2.37. The van der Waals surface area contributed by atoms with E-state index in [1.54, 1.807) is 12.3 Å². The third-order valence-corrected chi connectivity index (χ3v) is 4.52. The molecule has 2 rings (SSSR count). The van der Waals surface area contributed by atoms with Gasteiger partial charge >= 0.3 is 0 Å². The molecule has 0 aliphatic heterocycles. The van der Waals surface area contributed by atoms with Gasteiger partial charge in [-0.1, -0.05) is 0 Å². The molecule has 110 valence electrons. The molecule has 0 unspecified atom stereocenters. The Morgan fingerprint density at radius 2 is 2.00 bits per heavy atom. The number of carbonyl (C=O) groups is 1. The van der Waals surface area contributed by atoms with Gasteiger partial charge in [0, 0.05) is 22.6 Å². The number of anilines is 1. The first-order valence-electron chi connectivity index (χ1n) is 5.83. The molecule has 0 atom stereocenters. The maximum Gasteiger partial charge on any atom is 0.257 e. The summed E-state index contributed by atoms with van der Waals surface area (Å²) in [5.41, 5.74) is 1.73. The standard InChI is InChI=1S/C13H12BrN3O3S/c1-8-4-9(7-16-6-8)13(18)17-10-2-3-12(11(14)5-10)21(15,19)20/h2-7H,1H3,(H,17,18)(H2,15,19,20). The number of primary sulfonamides is 1. The van der Waals surface area contributed by atoms with Gasteiger partial charge in [-0.15, -0.1) is 0 Å². The molecule has 0 saturated heterocycles. The van der Waals surface area contributed by atoms with Gasteiger partial charge in [-0.25, -0.2) is 13.6 Å². The van der Waals surface area contributed by atoms with Crippen LogP contribution in [-0.4, -0.2) is 19.3 Å². The molecular formula is C13H12BrN3O3S. The highest BCUT2D eigenvalue weighted by molar-refractivity contribution is 9.10. The van der Waals surface area contributed by atoms with Crippen molar-refractivity contribution in [3.63, 3.8) is 0 Å². The molecule has 1 aromatic heterocycles. The predicted octanol–water partition coefficient (Wildman–Crippen LogP) is 2.05. The van der Waals surface area contributed by atoms with Crippen LogP contribution in [0.3, 0.4) is 0 Å². The number of pyridine rings is 1. The van der Waals surface area contributed by atoms with E-state index in [2.05, 4.69) is 26.2 Å². The maximum atomic E-state index is 12.1. The van der Waals surface area contributed by atoms with Gasteiger partial charge in [-0.3, -0.25) is 9.78 Å². The topological polar surface area (TPSA) is 102 Å². The molecule has 0 aliphatic carbocycles. The van der Waals surface area contributed by atoms with Crippen molar-refractivity contribution in [2.75, 3.05) is 5.32 Å². The number of nitrogens with two attached hydrogens (primary N) is 1. The Hall–Kier alpha value is -1.77. The number of rotatable bonds is 3. The first kappa shape index (κ1) is 15.6. The second kappa shape index (κ2) is 5.92. The Bertz CT molecular complexity index is 806. The lowest BCUT2D eigenvalue weighted by Gasteiger charge is -2.08. The fourth-order valence-corrected chi connectivity index (χ4v) is 3.34. The number of nitrogens with zero attached hydrogens (tertiary/aromatic N) is 1. The van der Waals surface area contributed by atoms with E-state index in [9.17, 15) is 13.2 Å². The van der Waals surface area contributed by atoms with Gasteiger partial charge in [0.1, 0.15) is 0 Å². The summed E-state index contributed by atoms with van der Waals surface area (Å²) in [6.45, 7) is 1.83. The zero-order chi connectivity index (χ0) is 15.6. The normalized spacial score (nSPS) is 11.2. The van der Waals surface area contributed by atoms with Crippen LogP contribution in [0.5, 0.6) is 0 Å². The van der Waals surface area contributed by atoms with Crippen LogP contribution >= 0.6 is 15.9 Å². The van der Waals surface area contributed by atoms with Gasteiger partial charge in [0.05, 0.1) is 10.5 Å². The lowest BCUT2D eigenvalue weighted by Crippen LogP contribution is -2.14. The van der Waals surface area contributed by atoms with Crippen LogP contribution in [0, 0.1) is 6.92 Å². The van der Waals surface area contributed by atoms with Crippen LogP contribution in [0.2, 0.25) is 0 Å². The third-order valence-electron chi connectivity index (χ3n) is 2.63. The van der Waals surface area contributed by atoms with Crippen LogP contribution in [0.15, 0.2) is 46.0 Å². The van der Waals surface area contributed by atoms with Crippen molar-refractivity contribution in [1.82, 2.24) is 4.98 Å². The summed E-state index contributed by atoms with van der Waals surface area (Å²) >= 11 is 3.12. The van der Waals surface area contributed by atoms with Crippen molar-refractivity contribution in [2.45, 2.75) is 11.8 Å². The number of halogens is 1. The fourth-order valence-electron chi connectivity index (χ4n) is 1.69. The van der Waals surface area contributed by atoms with Crippen molar-refractivity contribution >= 4 is 37.5 Å². The highest BCUT2D eigenvalue weighted by atomic mass is 79.9. The van der Waals surface area contributed by atoms with Crippen LogP contribution in [0.4, 0.5) is 5.69 Å². The lowest BCUT2D eigenvalue weighted by atomic mass is 10.2. The van der Waals surface area contributed by atoms with Crippen molar-refractivity contribution in [1.29, 1.82) is 0 Å². The van der Waals surface area contributed by atoms with Crippen molar-refractivity contribution in [3.8, 4) is 0 Å². The average molecular weight is 370 g/mol. The van der Waals surface area contributed by atoms with Crippen molar-refractivity contribution < 1.29 is 13.2 Å². The highest BCUT2D eigenvalue weighted by Crippen LogP contribution is 2.24. The summed E-state index contributed by atoms with van der Waals surface area (Å²) in [6.07, 6.45) is 3.10. The summed E-state index contributed by atoms with van der Waals surface area (Å²) in [5.74, 6) is -0.332. The summed E-state index contributed by atoms with van der Waals surface area (Å²) in [6, 6.07) is 5.96. The van der Waals surface area contributed by atoms with E-state index in [1.807, 2.05) is 6.92 Å². The van der Waals surface area contributed by atoms with Crippen LogP contribution in [0.1, 0.15) is 15.9 Å². The minimum absolute atomic E-state index is 0.0438. The quantitative estimate of drug-likeness (QED) is 0.863. The van der Waals surface area contributed by atoms with Gasteiger partial charge in [-0.05, 0) is 52.7 Å². The summed E-state index contributed by atoms with van der Waals surface area (Å²) in [4.78, 5) is 16.0. The number of nitrogens with one attached hydrogen (secondary N) is 1. The molecule has 1 aromatic carbocycles. The van der Waals surface area contributed by atoms with Crippen molar-refractivity contribution in [3.05, 3.63) is 52.3 Å². The maximum absolute atomic E-state index is 12.1. The number of aromatic nitrogens is 1. The van der Waals surface area contributed by atoms with E-state index in [-0.39, 0.29) is 15.3 Å². The van der Waals surface area contributed by atoms with E-state index < -0.39 is 10.0 Å². The molecular weight excluding hydrogens is 358 g/mol. The summed E-state index contributed by atoms with van der Waals surface area (Å²) in [5, 5.41) is 7.72. The largest absolute Gasteiger partial charge is 0.322 e. The lowest BCUT2D eigenvalue weighted by molar-refractivity contribution is 0.102. The second-order valence-electron chi connectivity index (χ2n) is 4.40. The number of sulfonamides is 1. The molecule has 0 saturated carbocycles. The number of benzene rings is 1. The molecule has 1 heterocycles. The zero-order valence-electron chi connectivity index (χ0n) is 11.0. The Balaban J connectivity index is 2.25. The van der Waals surface area contributed by atoms with E-state index in [0.29, 0.717) is 11.3 Å². The van der Waals surface area contributed by atoms with Crippen LogP contribution in [-0.2, 0) is 10.0 Å². The number of amides is 1. The monoisotopic (exact) mass is 369 g/mol. The third kappa shape index (κ3) is 3.87. The molecule has 0 fully saturated rings. The van der Waals surface area contributed by atoms with Gasteiger partial charge in [-0.2, -0.15) is 0 Å². The molecule has 0 spiro atoms. The van der Waals surface area contributed by atoms with E-state index in [1.165, 1.54) is 24.4 Å². The highest BCUT2D eigenvalue weighted by Gasteiger charge is 2.14. The Morgan fingerprint density at radius 3 is 2.57 bits per heavy atom. The zero-order valence-corrected chi connectivity index (χ0v) is 13.4. The van der Waals surface area contributed by atoms with Crippen molar-refractivity contribution in [2.24, 2.45) is 5.14 Å². The van der Waals surface area contributed by atoms with E-state index in [0.717, 1.165) is 5.56 Å². The van der Waals surface area contributed by atoms with Gasteiger partial charge < -0.3 is 5.32 Å². The minimum Gasteiger partial charge on any atom is -0.322 e. The Morgan fingerprint density at radius 1 is 1.29 bits per heavy atom. The Labute approximate surface area is 130 Å². The first-order valence-corrected chi connectivity index (χ1v) is 8.16. The van der Waals surface area contributed by atoms with Crippen LogP contribution < -0.4 is 10.5 Å². The molecule has 21 heavy (non-hydrogen) atoms. The summed E-state index contributed by atoms with van der Waals surface area (Å²) < 4.78 is 22.9. The SMILES string of the molecule is Cc1cncc(C(=O)Nc2ccc(S(N)(=O)=O)c(Br)c2)c1. The molecule has 2 aromatic rings. The molecule has 0 aliphatic rings. The minimum atomic E-state index is -3.81. The Kier molecular flexibility index (Phi) is 4.40. The smallest absolute Gasteiger partial charge is 0.257 e. The molecule has 0 radical (unpaired) electrons. The van der Waals surface area contributed by atoms with E-state index in [4.69, 9.17) is 5.14 Å². The second-order valence-corrected chi connectivity index (χ2v) is 6.78. The predicted molar refractivity (Wildman–Crippen MR) is 82.4 cm³/mol. The fraction of sp³-hybridized carbons (Fsp3) is 0.0769. The van der Waals surface area contributed by atoms with Gasteiger partial charge in [0.15, 0.2) is 0 Å². The van der Waals surface area contributed by atoms with Gasteiger partial charge in [0.25, 0.3) is 5.91 Å². The van der Waals surface area contributed by atoms with Gasteiger partial charge in [0.2, 0.25) is 10.0 Å². The molecule has 6 nitrogen and oxygen atoms in total. The van der Waals surface area contributed by atoms with Crippen LogP contribution in [0.25, 0.3) is 0 Å².